The molecule has 0 fully saturated rings. The molecule has 0 radical (unpaired) electrons. The first-order valence-corrected chi connectivity index (χ1v) is 10.2. The van der Waals surface area contributed by atoms with Crippen molar-refractivity contribution < 1.29 is 0 Å². The van der Waals surface area contributed by atoms with Gasteiger partial charge >= 0.3 is 0 Å². The van der Waals surface area contributed by atoms with Crippen molar-refractivity contribution in [1.82, 2.24) is 14.7 Å². The first kappa shape index (κ1) is 23.6. The summed E-state index contributed by atoms with van der Waals surface area (Å²) in [6.07, 6.45) is 11.1. The number of unbranched alkanes of at least 4 members (excludes halogenated alkanes) is 1. The summed E-state index contributed by atoms with van der Waals surface area (Å²) in [6.45, 7) is 17.3. The minimum Gasteiger partial charge on any atom is -0.305 e. The lowest BCUT2D eigenvalue weighted by atomic mass is 10.1. The second-order valence-corrected chi connectivity index (χ2v) is 7.68. The summed E-state index contributed by atoms with van der Waals surface area (Å²) in [4.78, 5) is 7.56. The monoisotopic (exact) mass is 339 g/mol. The summed E-state index contributed by atoms with van der Waals surface area (Å²) >= 11 is 0. The summed E-state index contributed by atoms with van der Waals surface area (Å²) in [5.41, 5.74) is 0. The fourth-order valence-corrected chi connectivity index (χ4v) is 2.85. The average Bonchev–Trinajstić information content (AvgIpc) is 2.53. The van der Waals surface area contributed by atoms with Gasteiger partial charge in [-0.1, -0.05) is 52.7 Å². The van der Waals surface area contributed by atoms with Gasteiger partial charge in [0.25, 0.3) is 0 Å². The molecule has 144 valence electrons. The van der Waals surface area contributed by atoms with Crippen molar-refractivity contribution in [3.63, 3.8) is 0 Å². The van der Waals surface area contributed by atoms with Crippen molar-refractivity contribution in [1.29, 1.82) is 0 Å². The molecule has 0 saturated carbocycles. The summed E-state index contributed by atoms with van der Waals surface area (Å²) in [5, 5.41) is 0. The van der Waals surface area contributed by atoms with E-state index in [1.54, 1.807) is 0 Å². The standard InChI is InChI=1S/C21H45N3/c1-7-9-11-16-24(19-17-22(5)14-8-2)20-18-23(6)15-12-10-13-21(3)4/h9,11,21H,7-8,10,12-20H2,1-6H3/b11-9+. The number of likely N-dealkylation sites (N-methyl/N-ethyl adjacent to an activating group) is 2. The molecular weight excluding hydrogens is 294 g/mol. The van der Waals surface area contributed by atoms with Crippen molar-refractivity contribution in [3.8, 4) is 0 Å². The van der Waals surface area contributed by atoms with Crippen molar-refractivity contribution in [3.05, 3.63) is 12.2 Å². The van der Waals surface area contributed by atoms with Crippen molar-refractivity contribution >= 4 is 0 Å². The molecule has 0 rings (SSSR count). The third-order valence-corrected chi connectivity index (χ3v) is 4.54. The first-order valence-electron chi connectivity index (χ1n) is 10.2. The summed E-state index contributed by atoms with van der Waals surface area (Å²) in [7, 11) is 4.52. The second kappa shape index (κ2) is 16.1. The Bertz CT molecular complexity index is 289. The van der Waals surface area contributed by atoms with Crippen LogP contribution in [0.4, 0.5) is 0 Å². The van der Waals surface area contributed by atoms with Crippen LogP contribution in [-0.2, 0) is 0 Å². The molecule has 0 unspecified atom stereocenters. The molecule has 24 heavy (non-hydrogen) atoms. The van der Waals surface area contributed by atoms with Crippen molar-refractivity contribution in [2.45, 2.75) is 59.8 Å². The summed E-state index contributed by atoms with van der Waals surface area (Å²) < 4.78 is 0. The Morgan fingerprint density at radius 1 is 0.750 bits per heavy atom. The number of nitrogens with zero attached hydrogens (tertiary/aromatic N) is 3. The van der Waals surface area contributed by atoms with E-state index < -0.39 is 0 Å². The van der Waals surface area contributed by atoms with E-state index in [0.717, 1.165) is 18.9 Å². The normalized spacial score (nSPS) is 12.6. The predicted molar refractivity (Wildman–Crippen MR) is 110 cm³/mol. The number of hydrogen-bond acceptors (Lipinski definition) is 3. The Kier molecular flexibility index (Phi) is 15.9. The molecule has 0 aromatic heterocycles. The zero-order valence-corrected chi connectivity index (χ0v) is 17.6. The van der Waals surface area contributed by atoms with Crippen molar-refractivity contribution in [2.75, 3.05) is 59.9 Å². The van der Waals surface area contributed by atoms with Crippen LogP contribution in [0, 0.1) is 5.92 Å². The van der Waals surface area contributed by atoms with Gasteiger partial charge < -0.3 is 9.80 Å². The molecule has 0 aliphatic heterocycles. The largest absolute Gasteiger partial charge is 0.305 e. The highest BCUT2D eigenvalue weighted by Gasteiger charge is 2.07. The molecule has 0 atom stereocenters. The van der Waals surface area contributed by atoms with Gasteiger partial charge in [-0.15, -0.1) is 0 Å². The molecule has 0 heterocycles. The summed E-state index contributed by atoms with van der Waals surface area (Å²) in [6, 6.07) is 0. The van der Waals surface area contributed by atoms with Gasteiger partial charge in [0.2, 0.25) is 0 Å². The van der Waals surface area contributed by atoms with Crippen LogP contribution in [0.5, 0.6) is 0 Å². The van der Waals surface area contributed by atoms with E-state index in [2.05, 4.69) is 68.6 Å². The molecule has 0 aromatic carbocycles. The molecule has 0 aromatic rings. The van der Waals surface area contributed by atoms with Crippen molar-refractivity contribution in [2.24, 2.45) is 5.92 Å². The van der Waals surface area contributed by atoms with E-state index in [4.69, 9.17) is 0 Å². The average molecular weight is 340 g/mol. The lowest BCUT2D eigenvalue weighted by Gasteiger charge is -2.26. The Morgan fingerprint density at radius 3 is 1.92 bits per heavy atom. The van der Waals surface area contributed by atoms with Gasteiger partial charge in [-0.2, -0.15) is 0 Å². The van der Waals surface area contributed by atoms with E-state index in [1.165, 1.54) is 65.0 Å². The SMILES string of the molecule is CC/C=C/CN(CCN(C)CCC)CCN(C)CCCCC(C)C. The van der Waals surface area contributed by atoms with Crippen LogP contribution < -0.4 is 0 Å². The molecule has 0 aliphatic rings. The van der Waals surface area contributed by atoms with Crippen LogP contribution in [0.15, 0.2) is 12.2 Å². The maximum atomic E-state index is 2.60. The zero-order chi connectivity index (χ0) is 18.2. The van der Waals surface area contributed by atoms with E-state index in [1.807, 2.05) is 0 Å². The summed E-state index contributed by atoms with van der Waals surface area (Å²) in [5.74, 6) is 0.844. The van der Waals surface area contributed by atoms with E-state index >= 15 is 0 Å². The third-order valence-electron chi connectivity index (χ3n) is 4.54. The van der Waals surface area contributed by atoms with Crippen LogP contribution in [0.2, 0.25) is 0 Å². The van der Waals surface area contributed by atoms with Crippen LogP contribution in [-0.4, -0.2) is 74.6 Å². The highest BCUT2D eigenvalue weighted by atomic mass is 15.2. The Hall–Kier alpha value is -0.380. The lowest BCUT2D eigenvalue weighted by Crippen LogP contribution is -2.38. The van der Waals surface area contributed by atoms with Crippen LogP contribution in [0.1, 0.15) is 59.8 Å². The maximum Gasteiger partial charge on any atom is 0.0164 e. The van der Waals surface area contributed by atoms with E-state index in [-0.39, 0.29) is 0 Å². The fourth-order valence-electron chi connectivity index (χ4n) is 2.85. The topological polar surface area (TPSA) is 9.72 Å². The fraction of sp³-hybridized carbons (Fsp3) is 0.905. The first-order chi connectivity index (χ1) is 11.5. The minimum atomic E-state index is 0.844. The van der Waals surface area contributed by atoms with Gasteiger partial charge in [0.15, 0.2) is 0 Å². The van der Waals surface area contributed by atoms with E-state index in [0.29, 0.717) is 0 Å². The molecule has 0 bridgehead atoms. The van der Waals surface area contributed by atoms with Crippen LogP contribution in [0.3, 0.4) is 0 Å². The van der Waals surface area contributed by atoms with Gasteiger partial charge in [0.05, 0.1) is 0 Å². The predicted octanol–water partition coefficient (Wildman–Crippen LogP) is 4.35. The molecular formula is C21H45N3. The smallest absolute Gasteiger partial charge is 0.0164 e. The second-order valence-electron chi connectivity index (χ2n) is 7.68. The van der Waals surface area contributed by atoms with Gasteiger partial charge in [0, 0.05) is 32.7 Å². The number of allylic oxidation sites excluding steroid dienone is 1. The molecule has 0 amide bonds. The quantitative estimate of drug-likeness (QED) is 0.306. The minimum absolute atomic E-state index is 0.844. The molecule has 3 heteroatoms. The highest BCUT2D eigenvalue weighted by molar-refractivity contribution is 4.84. The zero-order valence-electron chi connectivity index (χ0n) is 17.6. The Balaban J connectivity index is 4.06. The highest BCUT2D eigenvalue weighted by Crippen LogP contribution is 2.06. The molecule has 0 spiro atoms. The van der Waals surface area contributed by atoms with Gasteiger partial charge in [0.1, 0.15) is 0 Å². The Morgan fingerprint density at radius 2 is 1.38 bits per heavy atom. The molecule has 0 aliphatic carbocycles. The van der Waals surface area contributed by atoms with E-state index in [9.17, 15) is 0 Å². The third kappa shape index (κ3) is 15.2. The van der Waals surface area contributed by atoms with Crippen LogP contribution in [0.25, 0.3) is 0 Å². The lowest BCUT2D eigenvalue weighted by molar-refractivity contribution is 0.210. The maximum absolute atomic E-state index is 2.60. The van der Waals surface area contributed by atoms with Crippen LogP contribution >= 0.6 is 0 Å². The van der Waals surface area contributed by atoms with Gasteiger partial charge in [-0.25, -0.2) is 0 Å². The molecule has 3 nitrogen and oxygen atoms in total. The van der Waals surface area contributed by atoms with Gasteiger partial charge in [-0.3, -0.25) is 4.90 Å². The van der Waals surface area contributed by atoms with Gasteiger partial charge in [-0.05, 0) is 52.4 Å². The Labute approximate surface area is 153 Å². The molecule has 0 saturated heterocycles. The molecule has 0 N–H and O–H groups in total. The number of rotatable bonds is 16. The number of hydrogen-bond donors (Lipinski definition) is 0.